The number of thiazole rings is 1. The van der Waals surface area contributed by atoms with Crippen LogP contribution in [0.15, 0.2) is 35.8 Å². The van der Waals surface area contributed by atoms with Gasteiger partial charge in [0.1, 0.15) is 5.01 Å². The number of benzene rings is 1. The average Bonchev–Trinajstić information content (AvgIpc) is 3.16. The van der Waals surface area contributed by atoms with Crippen LogP contribution in [0.5, 0.6) is 0 Å². The Morgan fingerprint density at radius 3 is 2.77 bits per heavy atom. The third-order valence-corrected chi connectivity index (χ3v) is 5.34. The average molecular weight is 372 g/mol. The highest BCUT2D eigenvalue weighted by Gasteiger charge is 2.27. The second kappa shape index (κ2) is 8.91. The number of carbonyl (C=O) groups excluding carboxylic acids is 2. The molecule has 0 unspecified atom stereocenters. The summed E-state index contributed by atoms with van der Waals surface area (Å²) in [5, 5.41) is 8.81. The fourth-order valence-electron chi connectivity index (χ4n) is 3.21. The molecule has 1 aromatic carbocycles. The van der Waals surface area contributed by atoms with Gasteiger partial charge in [-0.1, -0.05) is 18.6 Å². The molecule has 1 atom stereocenters. The number of nitrogens with zero attached hydrogens (tertiary/aromatic N) is 2. The summed E-state index contributed by atoms with van der Waals surface area (Å²) in [6, 6.07) is 7.75. The van der Waals surface area contributed by atoms with Gasteiger partial charge in [0.2, 0.25) is 11.8 Å². The summed E-state index contributed by atoms with van der Waals surface area (Å²) in [6.07, 6.45) is 5.20. The first-order chi connectivity index (χ1) is 12.6. The van der Waals surface area contributed by atoms with E-state index in [2.05, 4.69) is 20.5 Å². The fraction of sp³-hybridized carbons (Fsp3) is 0.421. The predicted octanol–water partition coefficient (Wildman–Crippen LogP) is 2.94. The van der Waals surface area contributed by atoms with Crippen molar-refractivity contribution >= 4 is 28.8 Å². The van der Waals surface area contributed by atoms with Crippen molar-refractivity contribution in [1.82, 2.24) is 15.2 Å². The molecule has 2 N–H and O–H groups in total. The van der Waals surface area contributed by atoms with Gasteiger partial charge in [-0.15, -0.1) is 11.3 Å². The topological polar surface area (TPSA) is 74.3 Å². The number of nitrogens with one attached hydrogen (secondary N) is 2. The molecule has 2 aromatic rings. The van der Waals surface area contributed by atoms with Gasteiger partial charge in [-0.3, -0.25) is 14.5 Å². The molecular formula is C19H24N4O2S. The van der Waals surface area contributed by atoms with E-state index in [1.54, 1.807) is 11.3 Å². The van der Waals surface area contributed by atoms with Gasteiger partial charge < -0.3 is 10.6 Å². The molecule has 0 spiro atoms. The van der Waals surface area contributed by atoms with Crippen molar-refractivity contribution in [2.75, 3.05) is 18.4 Å². The van der Waals surface area contributed by atoms with Gasteiger partial charge in [-0.25, -0.2) is 4.98 Å². The number of piperidine rings is 1. The second-order valence-corrected chi connectivity index (χ2v) is 7.43. The van der Waals surface area contributed by atoms with E-state index in [0.29, 0.717) is 13.1 Å². The van der Waals surface area contributed by atoms with E-state index in [1.807, 2.05) is 35.8 Å². The van der Waals surface area contributed by atoms with Crippen molar-refractivity contribution in [3.63, 3.8) is 0 Å². The van der Waals surface area contributed by atoms with Crippen molar-refractivity contribution in [2.45, 2.75) is 38.8 Å². The second-order valence-electron chi connectivity index (χ2n) is 6.51. The number of rotatable bonds is 6. The zero-order chi connectivity index (χ0) is 18.4. The summed E-state index contributed by atoms with van der Waals surface area (Å²) in [4.78, 5) is 30.1. The van der Waals surface area contributed by atoms with Crippen LogP contribution in [-0.2, 0) is 16.1 Å². The molecule has 2 amide bonds. The SMILES string of the molecule is CC(=O)Nc1ccc(CNC(=O)CN2CCCC[C@H]2c2nccs2)cc1. The van der Waals surface area contributed by atoms with Gasteiger partial charge in [-0.05, 0) is 37.1 Å². The largest absolute Gasteiger partial charge is 0.351 e. The van der Waals surface area contributed by atoms with Crippen LogP contribution in [0.1, 0.15) is 42.8 Å². The Hall–Kier alpha value is -2.25. The van der Waals surface area contributed by atoms with Crippen molar-refractivity contribution in [3.05, 3.63) is 46.4 Å². The van der Waals surface area contributed by atoms with Crippen molar-refractivity contribution in [1.29, 1.82) is 0 Å². The molecule has 1 aliphatic rings. The normalized spacial score (nSPS) is 17.7. The molecule has 2 heterocycles. The Morgan fingerprint density at radius 2 is 2.08 bits per heavy atom. The summed E-state index contributed by atoms with van der Waals surface area (Å²) >= 11 is 1.66. The molecule has 3 rings (SSSR count). The molecular weight excluding hydrogens is 348 g/mol. The van der Waals surface area contributed by atoms with E-state index >= 15 is 0 Å². The highest BCUT2D eigenvalue weighted by atomic mass is 32.1. The molecule has 1 aromatic heterocycles. The number of hydrogen-bond acceptors (Lipinski definition) is 5. The van der Waals surface area contributed by atoms with Crippen LogP contribution in [0.25, 0.3) is 0 Å². The number of aromatic nitrogens is 1. The van der Waals surface area contributed by atoms with Crippen LogP contribution < -0.4 is 10.6 Å². The van der Waals surface area contributed by atoms with E-state index in [9.17, 15) is 9.59 Å². The Kier molecular flexibility index (Phi) is 6.35. The summed E-state index contributed by atoms with van der Waals surface area (Å²) in [5.74, 6) is -0.0678. The number of likely N-dealkylation sites (tertiary alicyclic amines) is 1. The summed E-state index contributed by atoms with van der Waals surface area (Å²) in [6.45, 7) is 3.29. The predicted molar refractivity (Wildman–Crippen MR) is 103 cm³/mol. The highest BCUT2D eigenvalue weighted by molar-refractivity contribution is 7.09. The van der Waals surface area contributed by atoms with Crippen molar-refractivity contribution in [2.24, 2.45) is 0 Å². The van der Waals surface area contributed by atoms with Gasteiger partial charge in [0, 0.05) is 30.7 Å². The minimum Gasteiger partial charge on any atom is -0.351 e. The quantitative estimate of drug-likeness (QED) is 0.818. The van der Waals surface area contributed by atoms with E-state index < -0.39 is 0 Å². The number of carbonyl (C=O) groups is 2. The number of amides is 2. The first-order valence-corrected chi connectivity index (χ1v) is 9.76. The maximum atomic E-state index is 12.4. The van der Waals surface area contributed by atoms with E-state index in [-0.39, 0.29) is 17.9 Å². The Balaban J connectivity index is 1.51. The van der Waals surface area contributed by atoms with Crippen LogP contribution in [0.4, 0.5) is 5.69 Å². The van der Waals surface area contributed by atoms with Crippen molar-refractivity contribution < 1.29 is 9.59 Å². The molecule has 0 aliphatic carbocycles. The zero-order valence-corrected chi connectivity index (χ0v) is 15.7. The van der Waals surface area contributed by atoms with Gasteiger partial charge in [-0.2, -0.15) is 0 Å². The van der Waals surface area contributed by atoms with Gasteiger partial charge >= 0.3 is 0 Å². The molecule has 7 heteroatoms. The highest BCUT2D eigenvalue weighted by Crippen LogP contribution is 2.31. The standard InChI is InChI=1S/C19H24N4O2S/c1-14(24)22-16-7-5-15(6-8-16)12-21-18(25)13-23-10-3-2-4-17(23)19-20-9-11-26-19/h5-9,11,17H,2-4,10,12-13H2,1H3,(H,21,25)(H,22,24)/t17-/m0/s1. The fourth-order valence-corrected chi connectivity index (χ4v) is 4.02. The summed E-state index contributed by atoms with van der Waals surface area (Å²) in [7, 11) is 0. The molecule has 26 heavy (non-hydrogen) atoms. The maximum absolute atomic E-state index is 12.4. The molecule has 0 bridgehead atoms. The lowest BCUT2D eigenvalue weighted by atomic mass is 10.0. The zero-order valence-electron chi connectivity index (χ0n) is 14.9. The van der Waals surface area contributed by atoms with Crippen LogP contribution in [0.3, 0.4) is 0 Å². The monoisotopic (exact) mass is 372 g/mol. The van der Waals surface area contributed by atoms with Crippen LogP contribution in [0, 0.1) is 0 Å². The number of hydrogen-bond donors (Lipinski definition) is 2. The van der Waals surface area contributed by atoms with Crippen LogP contribution >= 0.6 is 11.3 Å². The lowest BCUT2D eigenvalue weighted by Crippen LogP contribution is -2.41. The molecule has 1 saturated heterocycles. The van der Waals surface area contributed by atoms with Gasteiger partial charge in [0.25, 0.3) is 0 Å². The molecule has 0 saturated carbocycles. The first-order valence-electron chi connectivity index (χ1n) is 8.88. The molecule has 1 aliphatic heterocycles. The summed E-state index contributed by atoms with van der Waals surface area (Å²) in [5.41, 5.74) is 1.76. The maximum Gasteiger partial charge on any atom is 0.234 e. The first kappa shape index (κ1) is 18.5. The van der Waals surface area contributed by atoms with E-state index in [0.717, 1.165) is 35.6 Å². The van der Waals surface area contributed by atoms with Crippen molar-refractivity contribution in [3.8, 4) is 0 Å². The van der Waals surface area contributed by atoms with E-state index in [4.69, 9.17) is 0 Å². The van der Waals surface area contributed by atoms with Crippen LogP contribution in [-0.4, -0.2) is 34.8 Å². The molecule has 6 nitrogen and oxygen atoms in total. The third-order valence-electron chi connectivity index (χ3n) is 4.46. The van der Waals surface area contributed by atoms with Gasteiger partial charge in [0.15, 0.2) is 0 Å². The Labute approximate surface area is 157 Å². The number of anilines is 1. The van der Waals surface area contributed by atoms with Gasteiger partial charge in [0.05, 0.1) is 12.6 Å². The molecule has 1 fully saturated rings. The Morgan fingerprint density at radius 1 is 1.27 bits per heavy atom. The lowest BCUT2D eigenvalue weighted by Gasteiger charge is -2.33. The van der Waals surface area contributed by atoms with Crippen LogP contribution in [0.2, 0.25) is 0 Å². The smallest absolute Gasteiger partial charge is 0.234 e. The molecule has 0 radical (unpaired) electrons. The minimum atomic E-state index is -0.0950. The lowest BCUT2D eigenvalue weighted by molar-refractivity contribution is -0.123. The Bertz CT molecular complexity index is 731. The third kappa shape index (κ3) is 5.12. The van der Waals surface area contributed by atoms with E-state index in [1.165, 1.54) is 13.3 Å². The minimum absolute atomic E-state index is 0.0272. The summed E-state index contributed by atoms with van der Waals surface area (Å²) < 4.78 is 0. The molecule has 138 valence electrons.